The summed E-state index contributed by atoms with van der Waals surface area (Å²) in [4.78, 5) is 0. The zero-order chi connectivity index (χ0) is 14.7. The van der Waals surface area contributed by atoms with Crippen LogP contribution in [0.2, 0.25) is 10.2 Å². The predicted octanol–water partition coefficient (Wildman–Crippen LogP) is 6.40. The van der Waals surface area contributed by atoms with Crippen LogP contribution in [-0.2, 0) is 0 Å². The maximum absolute atomic E-state index is 2.30. The minimum atomic E-state index is 1.37. The van der Waals surface area contributed by atoms with Crippen molar-refractivity contribution in [1.29, 1.82) is 0 Å². The number of hydrogen-bond donors (Lipinski definition) is 0. The molecule has 0 fully saturated rings. The Morgan fingerprint density at radius 3 is 0.550 bits per heavy atom. The van der Waals surface area contributed by atoms with Crippen LogP contribution < -0.4 is 0 Å². The van der Waals surface area contributed by atoms with E-state index in [0.29, 0.717) is 0 Å². The van der Waals surface area contributed by atoms with E-state index >= 15 is 0 Å². The summed E-state index contributed by atoms with van der Waals surface area (Å²) in [7, 11) is 0. The van der Waals surface area contributed by atoms with Gasteiger partial charge >= 0.3 is 148 Å². The second kappa shape index (κ2) is 20.2. The molecule has 2 heteroatoms. The van der Waals surface area contributed by atoms with E-state index in [1.54, 1.807) is 0 Å². The van der Waals surface area contributed by atoms with Crippen LogP contribution in [0.25, 0.3) is 0 Å². The van der Waals surface area contributed by atoms with E-state index in [9.17, 15) is 0 Å². The molecular formula is C18H36Li2. The molecule has 0 atom stereocenters. The van der Waals surface area contributed by atoms with E-state index < -0.39 is 0 Å². The summed E-state index contributed by atoms with van der Waals surface area (Å²) in [5.74, 6) is 0. The zero-order valence-corrected chi connectivity index (χ0v) is 14.7. The van der Waals surface area contributed by atoms with Gasteiger partial charge in [-0.15, -0.1) is 0 Å². The molecule has 0 aliphatic heterocycles. The van der Waals surface area contributed by atoms with Gasteiger partial charge in [-0.3, -0.25) is 0 Å². The summed E-state index contributed by atoms with van der Waals surface area (Å²) in [6.07, 6.45) is 23.7. The van der Waals surface area contributed by atoms with Crippen LogP contribution in [0.5, 0.6) is 0 Å². The van der Waals surface area contributed by atoms with E-state index in [2.05, 4.69) is 35.4 Å². The van der Waals surface area contributed by atoms with Gasteiger partial charge in [0.2, 0.25) is 0 Å². The minimum absolute atomic E-state index is 1.37. The molecule has 110 valence electrons. The van der Waals surface area contributed by atoms with Gasteiger partial charge in [-0.2, -0.15) is 0 Å². The van der Waals surface area contributed by atoms with E-state index in [-0.39, 0.29) is 0 Å². The molecule has 0 bridgehead atoms. The van der Waals surface area contributed by atoms with Crippen molar-refractivity contribution in [1.82, 2.24) is 0 Å². The van der Waals surface area contributed by atoms with E-state index in [1.165, 1.54) is 113 Å². The maximum atomic E-state index is 2.30. The summed E-state index contributed by atoms with van der Waals surface area (Å²) in [5, 5.41) is 2.75. The van der Waals surface area contributed by atoms with E-state index in [0.717, 1.165) is 0 Å². The van der Waals surface area contributed by atoms with Crippen LogP contribution in [0.15, 0.2) is 0 Å². The first kappa shape index (κ1) is 21.2. The van der Waals surface area contributed by atoms with E-state index in [1.807, 2.05) is 0 Å². The predicted molar refractivity (Wildman–Crippen MR) is 95.0 cm³/mol. The van der Waals surface area contributed by atoms with Gasteiger partial charge in [0.05, 0.1) is 0 Å². The van der Waals surface area contributed by atoms with Gasteiger partial charge in [-0.25, -0.2) is 0 Å². The fourth-order valence-electron chi connectivity index (χ4n) is 2.97. The van der Waals surface area contributed by atoms with Crippen molar-refractivity contribution in [2.75, 3.05) is 0 Å². The molecule has 20 heavy (non-hydrogen) atoms. The van der Waals surface area contributed by atoms with Gasteiger partial charge in [0.15, 0.2) is 0 Å². The molecule has 0 aliphatic rings. The Morgan fingerprint density at radius 2 is 0.400 bits per heavy atom. The molecule has 0 heterocycles. The van der Waals surface area contributed by atoms with Gasteiger partial charge in [-0.1, -0.05) is 0 Å². The van der Waals surface area contributed by atoms with Crippen LogP contribution in [-0.4, -0.2) is 35.4 Å². The second-order valence-electron chi connectivity index (χ2n) is 6.66. The van der Waals surface area contributed by atoms with Crippen molar-refractivity contribution < 1.29 is 0 Å². The number of rotatable bonds is 17. The van der Waals surface area contributed by atoms with Crippen LogP contribution in [0.4, 0.5) is 0 Å². The molecule has 0 aromatic carbocycles. The Hall–Kier alpha value is 1.19. The van der Waals surface area contributed by atoms with Gasteiger partial charge in [-0.05, 0) is 0 Å². The first-order valence-corrected chi connectivity index (χ1v) is 9.91. The fourth-order valence-corrected chi connectivity index (χ4v) is 2.97. The molecule has 0 aromatic heterocycles. The van der Waals surface area contributed by atoms with Crippen molar-refractivity contribution in [2.24, 2.45) is 0 Å². The van der Waals surface area contributed by atoms with Crippen LogP contribution >= 0.6 is 0 Å². The first-order chi connectivity index (χ1) is 9.91. The van der Waals surface area contributed by atoms with E-state index in [4.69, 9.17) is 0 Å². The number of unbranched alkanes of at least 4 members (excludes halogenated alkanes) is 15. The second-order valence-corrected chi connectivity index (χ2v) is 6.66. The van der Waals surface area contributed by atoms with Gasteiger partial charge in [0, 0.05) is 0 Å². The third kappa shape index (κ3) is 19.2. The van der Waals surface area contributed by atoms with Crippen molar-refractivity contribution >= 4 is 35.4 Å². The normalized spacial score (nSPS) is 11.2. The van der Waals surface area contributed by atoms with Crippen LogP contribution in [0.3, 0.4) is 0 Å². The standard InChI is InChI=1S/C18H36.2Li/c1-3-5-7-9-11-13-15-17-18-16-14-12-10-8-6-4-2;;/h1-18H2;;. The molecule has 0 spiro atoms. The summed E-state index contributed by atoms with van der Waals surface area (Å²) in [6, 6.07) is 0. The summed E-state index contributed by atoms with van der Waals surface area (Å²) in [5.41, 5.74) is 0. The monoisotopic (exact) mass is 266 g/mol. The molecule has 0 aliphatic carbocycles. The molecule has 0 aromatic rings. The SMILES string of the molecule is [Li][CH2]CCCCCCCCCCCCCCCC[CH2][Li]. The van der Waals surface area contributed by atoms with Crippen LogP contribution in [0.1, 0.15) is 103 Å². The fraction of sp³-hybridized carbons (Fsp3) is 1.00. The Balaban J connectivity index is 2.89. The van der Waals surface area contributed by atoms with Crippen molar-refractivity contribution in [2.45, 2.75) is 113 Å². The molecule has 0 rings (SSSR count). The Bertz CT molecular complexity index is 141. The molecule has 0 N–H and O–H groups in total. The van der Waals surface area contributed by atoms with Crippen molar-refractivity contribution in [3.8, 4) is 0 Å². The van der Waals surface area contributed by atoms with Crippen molar-refractivity contribution in [3.05, 3.63) is 0 Å². The zero-order valence-electron chi connectivity index (χ0n) is 14.7. The molecule has 0 amide bonds. The summed E-state index contributed by atoms with van der Waals surface area (Å²) in [6.45, 7) is 0. The quantitative estimate of drug-likeness (QED) is 0.211. The Kier molecular flexibility index (Phi) is 21.4. The van der Waals surface area contributed by atoms with Crippen LogP contribution in [0, 0.1) is 0 Å². The molecule has 0 unspecified atom stereocenters. The van der Waals surface area contributed by atoms with Crippen molar-refractivity contribution in [3.63, 3.8) is 0 Å². The average Bonchev–Trinajstić information content (AvgIpc) is 2.47. The summed E-state index contributed by atoms with van der Waals surface area (Å²) >= 11 is 4.59. The van der Waals surface area contributed by atoms with Gasteiger partial charge < -0.3 is 0 Å². The topological polar surface area (TPSA) is 0 Å². The van der Waals surface area contributed by atoms with Gasteiger partial charge in [0.1, 0.15) is 0 Å². The molecular weight excluding hydrogens is 230 g/mol. The average molecular weight is 266 g/mol. The molecule has 0 radical (unpaired) electrons. The Labute approximate surface area is 148 Å². The molecule has 0 saturated carbocycles. The Morgan fingerprint density at radius 1 is 0.250 bits per heavy atom. The summed E-state index contributed by atoms with van der Waals surface area (Å²) < 4.78 is 0. The molecule has 0 saturated heterocycles. The third-order valence-corrected chi connectivity index (χ3v) is 4.46. The first-order valence-electron chi connectivity index (χ1n) is 9.91. The van der Waals surface area contributed by atoms with Gasteiger partial charge in [0.25, 0.3) is 0 Å². The third-order valence-electron chi connectivity index (χ3n) is 4.46. The molecule has 0 nitrogen and oxygen atoms in total. The number of hydrogen-bond acceptors (Lipinski definition) is 0.